The van der Waals surface area contributed by atoms with Crippen LogP contribution in [0.5, 0.6) is 0 Å². The Labute approximate surface area is 116 Å². The second kappa shape index (κ2) is 7.28. The van der Waals surface area contributed by atoms with Crippen molar-refractivity contribution >= 4 is 5.91 Å². The van der Waals surface area contributed by atoms with Crippen LogP contribution in [0, 0.1) is 0 Å². The lowest BCUT2D eigenvalue weighted by Crippen LogP contribution is -2.37. The molecule has 1 heterocycles. The lowest BCUT2D eigenvalue weighted by molar-refractivity contribution is -0.129. The van der Waals surface area contributed by atoms with Gasteiger partial charge in [0.1, 0.15) is 0 Å². The quantitative estimate of drug-likeness (QED) is 0.813. The van der Waals surface area contributed by atoms with E-state index in [9.17, 15) is 4.79 Å². The predicted octanol–water partition coefficient (Wildman–Crippen LogP) is 1.50. The monoisotopic (exact) mass is 266 g/mol. The third kappa shape index (κ3) is 4.35. The van der Waals surface area contributed by atoms with Gasteiger partial charge in [-0.25, -0.2) is 0 Å². The van der Waals surface area contributed by atoms with Crippen LogP contribution < -0.4 is 5.32 Å². The fraction of sp³-hybridized carbons (Fsp3) is 0.714. The van der Waals surface area contributed by atoms with Gasteiger partial charge in [0.2, 0.25) is 5.91 Å². The maximum Gasteiger partial charge on any atom is 0.236 e. The van der Waals surface area contributed by atoms with E-state index in [0.29, 0.717) is 19.0 Å². The van der Waals surface area contributed by atoms with E-state index in [-0.39, 0.29) is 5.91 Å². The Bertz CT molecular complexity index is 408. The molecule has 5 heteroatoms. The van der Waals surface area contributed by atoms with Crippen LogP contribution >= 0.6 is 0 Å². The molecule has 0 fully saturated rings. The highest BCUT2D eigenvalue weighted by Crippen LogP contribution is 2.16. The van der Waals surface area contributed by atoms with Crippen molar-refractivity contribution in [2.24, 2.45) is 7.05 Å². The Morgan fingerprint density at radius 2 is 2.05 bits per heavy atom. The molecule has 0 spiro atoms. The predicted molar refractivity (Wildman–Crippen MR) is 76.9 cm³/mol. The first kappa shape index (κ1) is 15.7. The van der Waals surface area contributed by atoms with Gasteiger partial charge in [0.25, 0.3) is 0 Å². The summed E-state index contributed by atoms with van der Waals surface area (Å²) in [4.78, 5) is 13.7. The summed E-state index contributed by atoms with van der Waals surface area (Å²) in [5.41, 5.74) is 2.27. The van der Waals surface area contributed by atoms with Gasteiger partial charge >= 0.3 is 0 Å². The van der Waals surface area contributed by atoms with Gasteiger partial charge in [-0.2, -0.15) is 5.10 Å². The first-order chi connectivity index (χ1) is 8.99. The molecule has 1 aromatic rings. The van der Waals surface area contributed by atoms with E-state index in [1.165, 1.54) is 5.56 Å². The molecule has 1 rings (SSSR count). The minimum atomic E-state index is 0.153. The summed E-state index contributed by atoms with van der Waals surface area (Å²) in [6.07, 6.45) is 2.02. The molecule has 19 heavy (non-hydrogen) atoms. The molecule has 0 bridgehead atoms. The van der Waals surface area contributed by atoms with E-state index >= 15 is 0 Å². The van der Waals surface area contributed by atoms with Crippen LogP contribution in [0.4, 0.5) is 0 Å². The van der Waals surface area contributed by atoms with Crippen molar-refractivity contribution in [2.45, 2.75) is 40.2 Å². The Morgan fingerprint density at radius 3 is 2.58 bits per heavy atom. The minimum Gasteiger partial charge on any atom is -0.342 e. The molecule has 0 saturated heterocycles. The van der Waals surface area contributed by atoms with E-state index in [0.717, 1.165) is 18.8 Å². The fourth-order valence-corrected chi connectivity index (χ4v) is 2.17. The third-order valence-corrected chi connectivity index (χ3v) is 3.19. The van der Waals surface area contributed by atoms with Crippen molar-refractivity contribution in [1.82, 2.24) is 20.0 Å². The summed E-state index contributed by atoms with van der Waals surface area (Å²) in [6, 6.07) is 0. The number of carbonyl (C=O) groups is 1. The number of rotatable bonds is 7. The Morgan fingerprint density at radius 1 is 1.42 bits per heavy atom. The highest BCUT2D eigenvalue weighted by atomic mass is 16.2. The normalized spacial score (nSPS) is 11.1. The molecule has 0 unspecified atom stereocenters. The highest BCUT2D eigenvalue weighted by molar-refractivity contribution is 5.78. The van der Waals surface area contributed by atoms with Crippen molar-refractivity contribution in [3.05, 3.63) is 17.5 Å². The lowest BCUT2D eigenvalue weighted by atomic mass is 10.1. The third-order valence-electron chi connectivity index (χ3n) is 3.19. The standard InChI is InChI=1S/C14H26N4O/c1-6-18(7-2)13(19)9-15-8-12-10-17(5)16-14(12)11(3)4/h10-11,15H,6-9H2,1-5H3. The van der Waals surface area contributed by atoms with Gasteiger partial charge in [-0.1, -0.05) is 13.8 Å². The molecule has 1 amide bonds. The first-order valence-electron chi connectivity index (χ1n) is 7.00. The number of amides is 1. The van der Waals surface area contributed by atoms with Crippen molar-refractivity contribution in [3.8, 4) is 0 Å². The summed E-state index contributed by atoms with van der Waals surface area (Å²) in [5, 5.41) is 7.67. The SMILES string of the molecule is CCN(CC)C(=O)CNCc1cn(C)nc1C(C)C. The largest absolute Gasteiger partial charge is 0.342 e. The molecule has 0 radical (unpaired) electrons. The number of hydrogen-bond donors (Lipinski definition) is 1. The van der Waals surface area contributed by atoms with Gasteiger partial charge < -0.3 is 10.2 Å². The zero-order valence-electron chi connectivity index (χ0n) is 12.7. The summed E-state index contributed by atoms with van der Waals surface area (Å²) in [7, 11) is 1.93. The average Bonchev–Trinajstić information content (AvgIpc) is 2.72. The Kier molecular flexibility index (Phi) is 6.02. The van der Waals surface area contributed by atoms with Gasteiger partial charge in [-0.3, -0.25) is 9.48 Å². The highest BCUT2D eigenvalue weighted by Gasteiger charge is 2.12. The van der Waals surface area contributed by atoms with E-state index in [4.69, 9.17) is 0 Å². The molecule has 0 aliphatic rings. The molecule has 1 aromatic heterocycles. The maximum absolute atomic E-state index is 11.9. The van der Waals surface area contributed by atoms with E-state index in [1.54, 1.807) is 0 Å². The van der Waals surface area contributed by atoms with Gasteiger partial charge in [-0.05, 0) is 19.8 Å². The number of nitrogens with one attached hydrogen (secondary N) is 1. The van der Waals surface area contributed by atoms with Crippen LogP contribution in [0.1, 0.15) is 44.9 Å². The van der Waals surface area contributed by atoms with Crippen LogP contribution in [0.3, 0.4) is 0 Å². The summed E-state index contributed by atoms with van der Waals surface area (Å²) < 4.78 is 1.83. The molecule has 0 atom stereocenters. The van der Waals surface area contributed by atoms with Crippen molar-refractivity contribution < 1.29 is 4.79 Å². The zero-order valence-corrected chi connectivity index (χ0v) is 12.7. The zero-order chi connectivity index (χ0) is 14.4. The maximum atomic E-state index is 11.9. The van der Waals surface area contributed by atoms with Crippen LogP contribution in [0.25, 0.3) is 0 Å². The van der Waals surface area contributed by atoms with Crippen molar-refractivity contribution in [1.29, 1.82) is 0 Å². The van der Waals surface area contributed by atoms with Gasteiger partial charge in [0.05, 0.1) is 12.2 Å². The van der Waals surface area contributed by atoms with Gasteiger partial charge in [0.15, 0.2) is 0 Å². The number of carbonyl (C=O) groups excluding carboxylic acids is 1. The molecular formula is C14H26N4O. The fourth-order valence-electron chi connectivity index (χ4n) is 2.17. The van der Waals surface area contributed by atoms with Crippen molar-refractivity contribution in [2.75, 3.05) is 19.6 Å². The summed E-state index contributed by atoms with van der Waals surface area (Å²) in [5.74, 6) is 0.552. The van der Waals surface area contributed by atoms with Crippen LogP contribution in [0.2, 0.25) is 0 Å². The van der Waals surface area contributed by atoms with Crippen molar-refractivity contribution in [3.63, 3.8) is 0 Å². The lowest BCUT2D eigenvalue weighted by Gasteiger charge is -2.18. The topological polar surface area (TPSA) is 50.2 Å². The summed E-state index contributed by atoms with van der Waals surface area (Å²) in [6.45, 7) is 10.9. The number of likely N-dealkylation sites (N-methyl/N-ethyl adjacent to an activating group) is 1. The van der Waals surface area contributed by atoms with Gasteiger partial charge in [-0.15, -0.1) is 0 Å². The minimum absolute atomic E-state index is 0.153. The average molecular weight is 266 g/mol. The van der Waals surface area contributed by atoms with E-state index < -0.39 is 0 Å². The molecule has 5 nitrogen and oxygen atoms in total. The number of aryl methyl sites for hydroxylation is 1. The Balaban J connectivity index is 2.51. The molecule has 0 aliphatic heterocycles. The molecule has 0 aliphatic carbocycles. The molecule has 0 aromatic carbocycles. The van der Waals surface area contributed by atoms with Crippen LogP contribution in [-0.2, 0) is 18.4 Å². The van der Waals surface area contributed by atoms with Gasteiger partial charge in [0, 0.05) is 38.4 Å². The Hall–Kier alpha value is -1.36. The second-order valence-corrected chi connectivity index (χ2v) is 5.04. The molecule has 108 valence electrons. The summed E-state index contributed by atoms with van der Waals surface area (Å²) >= 11 is 0. The number of hydrogen-bond acceptors (Lipinski definition) is 3. The van der Waals surface area contributed by atoms with E-state index in [2.05, 4.69) is 24.3 Å². The number of nitrogens with zero attached hydrogens (tertiary/aromatic N) is 3. The molecule has 0 saturated carbocycles. The second-order valence-electron chi connectivity index (χ2n) is 5.04. The van der Waals surface area contributed by atoms with E-state index in [1.807, 2.05) is 36.7 Å². The smallest absolute Gasteiger partial charge is 0.236 e. The number of aromatic nitrogens is 2. The molecule has 1 N–H and O–H groups in total. The van der Waals surface area contributed by atoms with Crippen LogP contribution in [-0.4, -0.2) is 40.2 Å². The first-order valence-corrected chi connectivity index (χ1v) is 7.00. The molecular weight excluding hydrogens is 240 g/mol. The van der Waals surface area contributed by atoms with Crippen LogP contribution in [0.15, 0.2) is 6.20 Å².